The van der Waals surface area contributed by atoms with Gasteiger partial charge in [0.15, 0.2) is 0 Å². The molecule has 0 N–H and O–H groups in total. The maximum atomic E-state index is 13.4. The Bertz CT molecular complexity index is 601. The molecule has 0 aliphatic carbocycles. The first-order valence-electron chi connectivity index (χ1n) is 5.76. The topological polar surface area (TPSA) is 9.23 Å². The smallest absolute Gasteiger partial charge is 0.123 e. The van der Waals surface area contributed by atoms with Gasteiger partial charge in [0.05, 0.1) is 12.5 Å². The molecule has 0 bridgehead atoms. The maximum Gasteiger partial charge on any atom is 0.123 e. The van der Waals surface area contributed by atoms with Crippen LogP contribution in [0.3, 0.4) is 0 Å². The lowest BCUT2D eigenvalue weighted by Gasteiger charge is -2.15. The van der Waals surface area contributed by atoms with E-state index >= 15 is 0 Å². The summed E-state index contributed by atoms with van der Waals surface area (Å²) >= 11 is 9.94. The highest BCUT2D eigenvalue weighted by atomic mass is 79.9. The van der Waals surface area contributed by atoms with Crippen LogP contribution in [0.2, 0.25) is 0 Å². The zero-order valence-electron chi connectivity index (χ0n) is 10.6. The van der Waals surface area contributed by atoms with Crippen molar-refractivity contribution in [1.82, 2.24) is 0 Å². The predicted octanol–water partition coefficient (Wildman–Crippen LogP) is 5.23. The lowest BCUT2D eigenvalue weighted by molar-refractivity contribution is 0.414. The fraction of sp³-hybridized carbons (Fsp3) is 0.200. The van der Waals surface area contributed by atoms with Crippen LogP contribution in [0.5, 0.6) is 5.75 Å². The molecule has 0 aliphatic heterocycles. The van der Waals surface area contributed by atoms with Crippen molar-refractivity contribution < 1.29 is 9.13 Å². The van der Waals surface area contributed by atoms with Crippen LogP contribution in [0.15, 0.2) is 40.9 Å². The lowest BCUT2D eigenvalue weighted by atomic mass is 10.00. The number of aryl methyl sites for hydroxylation is 1. The Hall–Kier alpha value is -1.06. The summed E-state index contributed by atoms with van der Waals surface area (Å²) in [4.78, 5) is 0. The van der Waals surface area contributed by atoms with Gasteiger partial charge >= 0.3 is 0 Å². The van der Waals surface area contributed by atoms with Gasteiger partial charge in [0.2, 0.25) is 0 Å². The quantitative estimate of drug-likeness (QED) is 0.693. The first-order valence-corrected chi connectivity index (χ1v) is 6.99. The Morgan fingerprint density at radius 1 is 1.16 bits per heavy atom. The molecule has 19 heavy (non-hydrogen) atoms. The van der Waals surface area contributed by atoms with Crippen molar-refractivity contribution in [2.24, 2.45) is 0 Å². The molecule has 4 heteroatoms. The molecule has 1 unspecified atom stereocenters. The van der Waals surface area contributed by atoms with E-state index in [1.54, 1.807) is 13.2 Å². The zero-order valence-corrected chi connectivity index (χ0v) is 12.9. The summed E-state index contributed by atoms with van der Waals surface area (Å²) in [7, 11) is 1.61. The van der Waals surface area contributed by atoms with Gasteiger partial charge in [0.25, 0.3) is 0 Å². The van der Waals surface area contributed by atoms with Crippen LogP contribution >= 0.6 is 27.5 Å². The molecule has 100 valence electrons. The van der Waals surface area contributed by atoms with E-state index in [4.69, 9.17) is 16.3 Å². The molecule has 0 saturated carbocycles. The summed E-state index contributed by atoms with van der Waals surface area (Å²) in [6, 6.07) is 10.2. The third kappa shape index (κ3) is 3.10. The molecule has 0 aromatic heterocycles. The van der Waals surface area contributed by atoms with Gasteiger partial charge in [-0.1, -0.05) is 28.1 Å². The Balaban J connectivity index is 2.43. The molecule has 0 aliphatic rings. The molecule has 0 amide bonds. The van der Waals surface area contributed by atoms with Gasteiger partial charge in [-0.15, -0.1) is 11.6 Å². The van der Waals surface area contributed by atoms with Crippen molar-refractivity contribution in [3.63, 3.8) is 0 Å². The van der Waals surface area contributed by atoms with E-state index in [2.05, 4.69) is 15.9 Å². The fourth-order valence-electron chi connectivity index (χ4n) is 1.89. The van der Waals surface area contributed by atoms with Gasteiger partial charge in [0.1, 0.15) is 11.6 Å². The predicted molar refractivity (Wildman–Crippen MR) is 79.5 cm³/mol. The van der Waals surface area contributed by atoms with E-state index in [0.29, 0.717) is 0 Å². The second-order valence-corrected chi connectivity index (χ2v) is 5.54. The van der Waals surface area contributed by atoms with Crippen molar-refractivity contribution >= 4 is 27.5 Å². The summed E-state index contributed by atoms with van der Waals surface area (Å²) in [5.74, 6) is 0.464. The van der Waals surface area contributed by atoms with Crippen LogP contribution < -0.4 is 4.74 Å². The molecule has 2 rings (SSSR count). The Labute approximate surface area is 125 Å². The minimum absolute atomic E-state index is 0.282. The van der Waals surface area contributed by atoms with Crippen LogP contribution in [0.1, 0.15) is 22.1 Å². The number of hydrogen-bond donors (Lipinski definition) is 0. The minimum atomic E-state index is -0.406. The number of alkyl halides is 1. The first-order chi connectivity index (χ1) is 9.02. The van der Waals surface area contributed by atoms with Crippen molar-refractivity contribution in [3.05, 3.63) is 63.4 Å². The molecule has 0 heterocycles. The monoisotopic (exact) mass is 342 g/mol. The summed E-state index contributed by atoms with van der Waals surface area (Å²) in [6.07, 6.45) is 0. The van der Waals surface area contributed by atoms with Crippen molar-refractivity contribution in [3.8, 4) is 5.75 Å². The van der Waals surface area contributed by atoms with Crippen LogP contribution in [0, 0.1) is 12.7 Å². The molecule has 1 atom stereocenters. The molecule has 0 saturated heterocycles. The molecule has 0 radical (unpaired) electrons. The average molecular weight is 344 g/mol. The minimum Gasteiger partial charge on any atom is -0.497 e. The SMILES string of the molecule is COc1ccc(C(Cl)c2cc(F)ccc2C)c(Br)c1. The number of halogens is 3. The third-order valence-electron chi connectivity index (χ3n) is 3.00. The highest BCUT2D eigenvalue weighted by Crippen LogP contribution is 2.37. The largest absolute Gasteiger partial charge is 0.497 e. The molecular formula is C15H13BrClFO. The third-order valence-corrected chi connectivity index (χ3v) is 4.15. The van der Waals surface area contributed by atoms with E-state index in [0.717, 1.165) is 26.9 Å². The normalized spacial score (nSPS) is 12.3. The first kappa shape index (κ1) is 14.4. The number of rotatable bonds is 3. The van der Waals surface area contributed by atoms with Gasteiger partial charge < -0.3 is 4.74 Å². The molecule has 0 fully saturated rings. The number of hydrogen-bond acceptors (Lipinski definition) is 1. The fourth-order valence-corrected chi connectivity index (χ4v) is 3.04. The van der Waals surface area contributed by atoms with Crippen LogP contribution in [-0.4, -0.2) is 7.11 Å². The molecule has 2 aromatic rings. The summed E-state index contributed by atoms with van der Waals surface area (Å²) in [5, 5.41) is -0.406. The number of ether oxygens (including phenoxy) is 1. The maximum absolute atomic E-state index is 13.4. The summed E-state index contributed by atoms with van der Waals surface area (Å²) in [5.41, 5.74) is 2.62. The Morgan fingerprint density at radius 2 is 1.89 bits per heavy atom. The van der Waals surface area contributed by atoms with Gasteiger partial charge in [0, 0.05) is 4.47 Å². The molecule has 0 spiro atoms. The summed E-state index contributed by atoms with van der Waals surface area (Å²) in [6.45, 7) is 1.92. The van der Waals surface area contributed by atoms with E-state index in [1.165, 1.54) is 12.1 Å². The van der Waals surface area contributed by atoms with E-state index < -0.39 is 5.38 Å². The van der Waals surface area contributed by atoms with E-state index in [-0.39, 0.29) is 5.82 Å². The Morgan fingerprint density at radius 3 is 2.53 bits per heavy atom. The lowest BCUT2D eigenvalue weighted by Crippen LogP contribution is -1.99. The Kier molecular flexibility index (Phi) is 4.48. The second-order valence-electron chi connectivity index (χ2n) is 4.25. The standard InChI is InChI=1S/C15H13BrClFO/c1-9-3-4-10(18)7-13(9)15(17)12-6-5-11(19-2)8-14(12)16/h3-8,15H,1-2H3. The van der Waals surface area contributed by atoms with Crippen molar-refractivity contribution in [2.45, 2.75) is 12.3 Å². The van der Waals surface area contributed by atoms with Crippen molar-refractivity contribution in [2.75, 3.05) is 7.11 Å². The second kappa shape index (κ2) is 5.93. The van der Waals surface area contributed by atoms with Gasteiger partial charge in [-0.05, 0) is 47.9 Å². The molecule has 2 aromatic carbocycles. The highest BCUT2D eigenvalue weighted by Gasteiger charge is 2.17. The average Bonchev–Trinajstić information content (AvgIpc) is 2.40. The van der Waals surface area contributed by atoms with Gasteiger partial charge in [-0.3, -0.25) is 0 Å². The van der Waals surface area contributed by atoms with E-state index in [9.17, 15) is 4.39 Å². The zero-order chi connectivity index (χ0) is 14.0. The van der Waals surface area contributed by atoms with Crippen molar-refractivity contribution in [1.29, 1.82) is 0 Å². The van der Waals surface area contributed by atoms with Crippen LogP contribution in [0.4, 0.5) is 4.39 Å². The molecular weight excluding hydrogens is 331 g/mol. The number of benzene rings is 2. The summed E-state index contributed by atoms with van der Waals surface area (Å²) < 4.78 is 19.3. The number of methoxy groups -OCH3 is 1. The van der Waals surface area contributed by atoms with Crippen LogP contribution in [0.25, 0.3) is 0 Å². The molecule has 1 nitrogen and oxygen atoms in total. The van der Waals surface area contributed by atoms with Gasteiger partial charge in [-0.25, -0.2) is 4.39 Å². The van der Waals surface area contributed by atoms with Gasteiger partial charge in [-0.2, -0.15) is 0 Å². The van der Waals surface area contributed by atoms with E-state index in [1.807, 2.05) is 25.1 Å². The highest BCUT2D eigenvalue weighted by molar-refractivity contribution is 9.10. The van der Waals surface area contributed by atoms with Crippen LogP contribution in [-0.2, 0) is 0 Å².